The van der Waals surface area contributed by atoms with E-state index in [1.54, 1.807) is 19.1 Å². The Morgan fingerprint density at radius 3 is 2.62 bits per heavy atom. The van der Waals surface area contributed by atoms with E-state index >= 15 is 0 Å². The number of sulfonamides is 1. The Morgan fingerprint density at radius 1 is 1.33 bits per heavy atom. The van der Waals surface area contributed by atoms with Gasteiger partial charge in [-0.15, -0.1) is 0 Å². The predicted octanol–water partition coefficient (Wildman–Crippen LogP) is 1.45. The molecule has 128 valence electrons. The van der Waals surface area contributed by atoms with E-state index in [1.165, 1.54) is 13.0 Å². The maximum absolute atomic E-state index is 13.7. The van der Waals surface area contributed by atoms with Crippen molar-refractivity contribution < 1.29 is 12.8 Å². The molecule has 0 amide bonds. The van der Waals surface area contributed by atoms with E-state index in [9.17, 15) is 17.6 Å². The second kappa shape index (κ2) is 7.12. The van der Waals surface area contributed by atoms with E-state index in [2.05, 4.69) is 15.0 Å². The number of nitriles is 1. The molecule has 2 aromatic rings. The molecule has 0 unspecified atom stereocenters. The zero-order valence-corrected chi connectivity index (χ0v) is 14.6. The summed E-state index contributed by atoms with van der Waals surface area (Å²) in [6, 6.07) is 4.63. The third kappa shape index (κ3) is 4.00. The van der Waals surface area contributed by atoms with Crippen molar-refractivity contribution in [2.75, 3.05) is 18.4 Å². The van der Waals surface area contributed by atoms with Crippen LogP contribution in [-0.4, -0.2) is 26.5 Å². The Labute approximate surface area is 142 Å². The molecule has 10 heteroatoms. The lowest BCUT2D eigenvalue weighted by atomic mass is 10.1. The number of hydrogen-bond donors (Lipinski definition) is 3. The summed E-state index contributed by atoms with van der Waals surface area (Å²) in [7, 11) is -3.80. The molecule has 0 saturated carbocycles. The fourth-order valence-electron chi connectivity index (χ4n) is 2.09. The van der Waals surface area contributed by atoms with Crippen molar-refractivity contribution in [3.63, 3.8) is 0 Å². The molecule has 0 bridgehead atoms. The van der Waals surface area contributed by atoms with Crippen molar-refractivity contribution in [2.45, 2.75) is 18.1 Å². The van der Waals surface area contributed by atoms with Gasteiger partial charge in [-0.3, -0.25) is 4.79 Å². The van der Waals surface area contributed by atoms with Gasteiger partial charge >= 0.3 is 4.87 Å². The first-order valence-electron chi connectivity index (χ1n) is 6.88. The predicted molar refractivity (Wildman–Crippen MR) is 89.2 cm³/mol. The van der Waals surface area contributed by atoms with Gasteiger partial charge in [-0.05, 0) is 31.5 Å². The molecule has 7 nitrogen and oxygen atoms in total. The number of aromatic nitrogens is 1. The smallest absolute Gasteiger partial charge is 0.305 e. The van der Waals surface area contributed by atoms with Crippen LogP contribution in [0, 0.1) is 31.0 Å². The van der Waals surface area contributed by atoms with Crippen molar-refractivity contribution in [3.05, 3.63) is 44.4 Å². The Morgan fingerprint density at radius 2 is 2.04 bits per heavy atom. The van der Waals surface area contributed by atoms with Crippen molar-refractivity contribution in [3.8, 4) is 6.07 Å². The number of thiazole rings is 1. The zero-order valence-electron chi connectivity index (χ0n) is 12.9. The van der Waals surface area contributed by atoms with Crippen molar-refractivity contribution >= 4 is 27.0 Å². The number of nitrogens with one attached hydrogen (secondary N) is 3. The number of rotatable bonds is 6. The van der Waals surface area contributed by atoms with E-state index < -0.39 is 20.7 Å². The molecule has 0 aliphatic rings. The number of aromatic amines is 1. The number of aryl methyl sites for hydroxylation is 2. The minimum absolute atomic E-state index is 0.00823. The SMILES string of the molecule is Cc1cc(F)c(C#N)c(NCCNS(=O)(=O)c2sc(=O)[nH]c2C)c1. The number of H-pyrrole nitrogens is 1. The fourth-order valence-corrected chi connectivity index (χ4v) is 4.47. The van der Waals surface area contributed by atoms with Crippen LogP contribution < -0.4 is 14.9 Å². The number of hydrogen-bond acceptors (Lipinski definition) is 6. The molecule has 0 spiro atoms. The lowest BCUT2D eigenvalue weighted by Gasteiger charge is -2.11. The largest absolute Gasteiger partial charge is 0.383 e. The average molecular weight is 370 g/mol. The molecule has 0 aliphatic carbocycles. The molecule has 0 saturated heterocycles. The Kier molecular flexibility index (Phi) is 5.38. The molecule has 1 aromatic heterocycles. The third-order valence-corrected chi connectivity index (χ3v) is 6.17. The Hall–Kier alpha value is -2.22. The van der Waals surface area contributed by atoms with Crippen LogP contribution in [0.25, 0.3) is 0 Å². The molecule has 1 heterocycles. The average Bonchev–Trinajstić information content (AvgIpc) is 2.83. The van der Waals surface area contributed by atoms with Crippen LogP contribution >= 0.6 is 11.3 Å². The van der Waals surface area contributed by atoms with Crippen LogP contribution in [0.3, 0.4) is 0 Å². The van der Waals surface area contributed by atoms with Gasteiger partial charge in [0.05, 0.1) is 5.69 Å². The number of nitrogens with zero attached hydrogens (tertiary/aromatic N) is 1. The molecule has 0 radical (unpaired) electrons. The van der Waals surface area contributed by atoms with Crippen LogP contribution in [0.2, 0.25) is 0 Å². The highest BCUT2D eigenvalue weighted by molar-refractivity contribution is 7.91. The summed E-state index contributed by atoms with van der Waals surface area (Å²) in [6.07, 6.45) is 0. The minimum atomic E-state index is -3.80. The summed E-state index contributed by atoms with van der Waals surface area (Å²) < 4.78 is 40.2. The molecule has 0 fully saturated rings. The van der Waals surface area contributed by atoms with Gasteiger partial charge in [-0.1, -0.05) is 11.3 Å². The summed E-state index contributed by atoms with van der Waals surface area (Å²) in [5.74, 6) is -0.631. The van der Waals surface area contributed by atoms with Gasteiger partial charge in [0.25, 0.3) is 10.0 Å². The summed E-state index contributed by atoms with van der Waals surface area (Å²) in [6.45, 7) is 3.34. The molecule has 1 aromatic carbocycles. The number of benzene rings is 1. The summed E-state index contributed by atoms with van der Waals surface area (Å²) >= 11 is 0.611. The second-order valence-corrected chi connectivity index (χ2v) is 7.98. The molecule has 24 heavy (non-hydrogen) atoms. The summed E-state index contributed by atoms with van der Waals surface area (Å²) in [5.41, 5.74) is 1.10. The van der Waals surface area contributed by atoms with E-state index in [-0.39, 0.29) is 28.6 Å². The number of anilines is 1. The van der Waals surface area contributed by atoms with E-state index in [4.69, 9.17) is 5.26 Å². The van der Waals surface area contributed by atoms with Gasteiger partial charge in [-0.2, -0.15) is 5.26 Å². The highest BCUT2D eigenvalue weighted by Crippen LogP contribution is 2.20. The van der Waals surface area contributed by atoms with E-state index in [0.29, 0.717) is 22.6 Å². The molecule has 0 atom stereocenters. The monoisotopic (exact) mass is 370 g/mol. The topological polar surface area (TPSA) is 115 Å². The Bertz CT molecular complexity index is 957. The maximum Gasteiger partial charge on any atom is 0.305 e. The first kappa shape index (κ1) is 18.1. The van der Waals surface area contributed by atoms with E-state index in [0.717, 1.165) is 0 Å². The highest BCUT2D eigenvalue weighted by Gasteiger charge is 2.20. The maximum atomic E-state index is 13.7. The second-order valence-electron chi connectivity index (χ2n) is 5.03. The zero-order chi connectivity index (χ0) is 17.9. The van der Waals surface area contributed by atoms with Gasteiger partial charge in [0.2, 0.25) is 0 Å². The van der Waals surface area contributed by atoms with Crippen LogP contribution in [0.1, 0.15) is 16.8 Å². The molecular weight excluding hydrogens is 355 g/mol. The molecule has 3 N–H and O–H groups in total. The van der Waals surface area contributed by atoms with Gasteiger partial charge in [-0.25, -0.2) is 17.5 Å². The summed E-state index contributed by atoms with van der Waals surface area (Å²) in [5, 5.41) is 11.8. The quantitative estimate of drug-likeness (QED) is 0.666. The normalized spacial score (nSPS) is 11.2. The highest BCUT2D eigenvalue weighted by atomic mass is 32.2. The van der Waals surface area contributed by atoms with Crippen molar-refractivity contribution in [1.29, 1.82) is 5.26 Å². The molecular formula is C14H15FN4O3S2. The fraction of sp³-hybridized carbons (Fsp3) is 0.286. The van der Waals surface area contributed by atoms with Crippen molar-refractivity contribution in [2.24, 2.45) is 0 Å². The number of halogens is 1. The standard InChI is InChI=1S/C14H15FN4O3S2/c1-8-5-11(15)10(7-16)12(6-8)17-3-4-18-24(21,22)13-9(2)19-14(20)23-13/h5-6,17-18H,3-4H2,1-2H3,(H,19,20). The van der Waals surface area contributed by atoms with Crippen LogP contribution in [0.15, 0.2) is 21.1 Å². The first-order valence-corrected chi connectivity index (χ1v) is 9.18. The van der Waals surface area contributed by atoms with Crippen molar-refractivity contribution in [1.82, 2.24) is 9.71 Å². The summed E-state index contributed by atoms with van der Waals surface area (Å²) in [4.78, 5) is 13.2. The van der Waals surface area contributed by atoms with Gasteiger partial charge in [0.1, 0.15) is 17.4 Å². The molecule has 2 rings (SSSR count). The van der Waals surface area contributed by atoms with Gasteiger partial charge in [0, 0.05) is 18.8 Å². The first-order chi connectivity index (χ1) is 11.2. The minimum Gasteiger partial charge on any atom is -0.383 e. The van der Waals surface area contributed by atoms with Gasteiger partial charge in [0.15, 0.2) is 4.21 Å². The lowest BCUT2D eigenvalue weighted by Crippen LogP contribution is -2.29. The van der Waals surface area contributed by atoms with E-state index in [1.807, 2.05) is 0 Å². The van der Waals surface area contributed by atoms with Crippen LogP contribution in [0.5, 0.6) is 0 Å². The molecule has 0 aliphatic heterocycles. The third-order valence-electron chi connectivity index (χ3n) is 3.10. The van der Waals surface area contributed by atoms with Gasteiger partial charge < -0.3 is 10.3 Å². The van der Waals surface area contributed by atoms with Crippen LogP contribution in [0.4, 0.5) is 10.1 Å². The van der Waals surface area contributed by atoms with Crippen LogP contribution in [-0.2, 0) is 10.0 Å². The Balaban J connectivity index is 2.02. The lowest BCUT2D eigenvalue weighted by molar-refractivity contribution is 0.584.